The zero-order valence-electron chi connectivity index (χ0n) is 9.99. The van der Waals surface area contributed by atoms with Gasteiger partial charge in [0.15, 0.2) is 0 Å². The Morgan fingerprint density at radius 3 is 2.81 bits per heavy atom. The van der Waals surface area contributed by atoms with E-state index in [1.807, 2.05) is 13.0 Å². The van der Waals surface area contributed by atoms with E-state index in [0.717, 1.165) is 30.4 Å². The molecule has 1 aliphatic carbocycles. The first-order valence-corrected chi connectivity index (χ1v) is 6.32. The van der Waals surface area contributed by atoms with Crippen LogP contribution in [0.1, 0.15) is 24.2 Å². The SMILES string of the molecule is Cc1cccc(CN(C)CC2CC(Cl)C2)n1. The molecule has 0 unspecified atom stereocenters. The number of pyridine rings is 1. The number of hydrogen-bond donors (Lipinski definition) is 0. The Kier molecular flexibility index (Phi) is 3.82. The first-order chi connectivity index (χ1) is 7.63. The molecule has 0 spiro atoms. The molecular formula is C13H19ClN2. The van der Waals surface area contributed by atoms with Crippen molar-refractivity contribution >= 4 is 11.6 Å². The van der Waals surface area contributed by atoms with Gasteiger partial charge in [-0.1, -0.05) is 6.07 Å². The van der Waals surface area contributed by atoms with Gasteiger partial charge < -0.3 is 4.90 Å². The first kappa shape index (κ1) is 11.9. The summed E-state index contributed by atoms with van der Waals surface area (Å²) in [7, 11) is 2.16. The van der Waals surface area contributed by atoms with Crippen molar-refractivity contribution < 1.29 is 0 Å². The topological polar surface area (TPSA) is 16.1 Å². The van der Waals surface area contributed by atoms with Crippen molar-refractivity contribution in [1.29, 1.82) is 0 Å². The molecule has 0 amide bonds. The van der Waals surface area contributed by atoms with Crippen LogP contribution in [0.4, 0.5) is 0 Å². The number of halogens is 1. The van der Waals surface area contributed by atoms with Gasteiger partial charge >= 0.3 is 0 Å². The van der Waals surface area contributed by atoms with Crippen LogP contribution in [0.2, 0.25) is 0 Å². The molecule has 1 heterocycles. The average Bonchev–Trinajstić information content (AvgIpc) is 2.15. The van der Waals surface area contributed by atoms with Gasteiger partial charge in [-0.15, -0.1) is 11.6 Å². The van der Waals surface area contributed by atoms with Crippen LogP contribution < -0.4 is 0 Å². The van der Waals surface area contributed by atoms with Crippen LogP contribution in [-0.2, 0) is 6.54 Å². The maximum atomic E-state index is 5.98. The minimum atomic E-state index is 0.426. The molecule has 0 saturated heterocycles. The fraction of sp³-hybridized carbons (Fsp3) is 0.615. The lowest BCUT2D eigenvalue weighted by atomic mass is 9.84. The molecule has 3 heteroatoms. The van der Waals surface area contributed by atoms with Gasteiger partial charge in [-0.25, -0.2) is 0 Å². The van der Waals surface area contributed by atoms with Gasteiger partial charge in [-0.2, -0.15) is 0 Å². The summed E-state index contributed by atoms with van der Waals surface area (Å²) in [6.07, 6.45) is 2.35. The Hall–Kier alpha value is -0.600. The van der Waals surface area contributed by atoms with Crippen molar-refractivity contribution in [2.75, 3.05) is 13.6 Å². The number of rotatable bonds is 4. The summed E-state index contributed by atoms with van der Waals surface area (Å²) in [5, 5.41) is 0.426. The Morgan fingerprint density at radius 2 is 2.19 bits per heavy atom. The van der Waals surface area contributed by atoms with Crippen LogP contribution in [0, 0.1) is 12.8 Å². The summed E-state index contributed by atoms with van der Waals surface area (Å²) in [6, 6.07) is 6.20. The van der Waals surface area contributed by atoms with Crippen LogP contribution in [0.3, 0.4) is 0 Å². The van der Waals surface area contributed by atoms with Crippen molar-refractivity contribution in [1.82, 2.24) is 9.88 Å². The van der Waals surface area contributed by atoms with Crippen LogP contribution in [0.5, 0.6) is 0 Å². The molecule has 0 aromatic carbocycles. The highest BCUT2D eigenvalue weighted by atomic mass is 35.5. The molecule has 0 N–H and O–H groups in total. The molecular weight excluding hydrogens is 220 g/mol. The summed E-state index contributed by atoms with van der Waals surface area (Å²) in [4.78, 5) is 6.85. The molecule has 2 nitrogen and oxygen atoms in total. The molecule has 1 aromatic rings. The minimum Gasteiger partial charge on any atom is -0.300 e. The van der Waals surface area contributed by atoms with E-state index in [1.165, 1.54) is 12.8 Å². The van der Waals surface area contributed by atoms with Gasteiger partial charge in [0, 0.05) is 24.2 Å². The molecule has 16 heavy (non-hydrogen) atoms. The van der Waals surface area contributed by atoms with Gasteiger partial charge in [0.05, 0.1) is 5.69 Å². The standard InChI is InChI=1S/C13H19ClN2/c1-10-4-3-5-13(15-10)9-16(2)8-11-6-12(14)7-11/h3-5,11-12H,6-9H2,1-2H3. The highest BCUT2D eigenvalue weighted by Gasteiger charge is 2.27. The molecule has 1 aliphatic rings. The van der Waals surface area contributed by atoms with E-state index in [2.05, 4.69) is 29.1 Å². The lowest BCUT2D eigenvalue weighted by Crippen LogP contribution is -2.34. The minimum absolute atomic E-state index is 0.426. The first-order valence-electron chi connectivity index (χ1n) is 5.88. The van der Waals surface area contributed by atoms with Gasteiger partial charge in [0.2, 0.25) is 0 Å². The van der Waals surface area contributed by atoms with Crippen molar-refractivity contribution in [3.05, 3.63) is 29.6 Å². The predicted octanol–water partition coefficient (Wildman–Crippen LogP) is 2.84. The van der Waals surface area contributed by atoms with Gasteiger partial charge in [-0.05, 0) is 44.9 Å². The van der Waals surface area contributed by atoms with Gasteiger partial charge in [0.1, 0.15) is 0 Å². The summed E-state index contributed by atoms with van der Waals surface area (Å²) in [5.74, 6) is 0.789. The largest absolute Gasteiger partial charge is 0.300 e. The molecule has 1 saturated carbocycles. The van der Waals surface area contributed by atoms with Crippen LogP contribution in [0.15, 0.2) is 18.2 Å². The van der Waals surface area contributed by atoms with Crippen molar-refractivity contribution in [2.45, 2.75) is 31.7 Å². The third-order valence-electron chi connectivity index (χ3n) is 3.13. The average molecular weight is 239 g/mol. The highest BCUT2D eigenvalue weighted by molar-refractivity contribution is 6.21. The molecule has 2 rings (SSSR count). The predicted molar refractivity (Wildman–Crippen MR) is 67.7 cm³/mol. The second-order valence-electron chi connectivity index (χ2n) is 4.90. The van der Waals surface area contributed by atoms with E-state index in [0.29, 0.717) is 5.38 Å². The van der Waals surface area contributed by atoms with E-state index < -0.39 is 0 Å². The molecule has 0 atom stereocenters. The second-order valence-corrected chi connectivity index (χ2v) is 5.52. The zero-order valence-corrected chi connectivity index (χ0v) is 10.7. The number of aromatic nitrogens is 1. The molecule has 0 aliphatic heterocycles. The third-order valence-corrected chi connectivity index (χ3v) is 3.48. The Labute approximate surface area is 103 Å². The van der Waals surface area contributed by atoms with Crippen LogP contribution >= 0.6 is 11.6 Å². The number of hydrogen-bond acceptors (Lipinski definition) is 2. The van der Waals surface area contributed by atoms with Gasteiger partial charge in [0.25, 0.3) is 0 Å². The number of nitrogens with zero attached hydrogens (tertiary/aromatic N) is 2. The maximum Gasteiger partial charge on any atom is 0.0547 e. The van der Waals surface area contributed by atoms with Crippen LogP contribution in [-0.4, -0.2) is 28.9 Å². The van der Waals surface area contributed by atoms with Crippen LogP contribution in [0.25, 0.3) is 0 Å². The van der Waals surface area contributed by atoms with Crippen molar-refractivity contribution in [2.24, 2.45) is 5.92 Å². The third kappa shape index (κ3) is 3.19. The Balaban J connectivity index is 1.80. The Morgan fingerprint density at radius 1 is 1.44 bits per heavy atom. The lowest BCUT2D eigenvalue weighted by molar-refractivity contribution is 0.202. The second kappa shape index (κ2) is 5.15. The summed E-state index contributed by atoms with van der Waals surface area (Å²) in [6.45, 7) is 4.11. The van der Waals surface area contributed by atoms with Crippen molar-refractivity contribution in [3.8, 4) is 0 Å². The highest BCUT2D eigenvalue weighted by Crippen LogP contribution is 2.32. The molecule has 88 valence electrons. The van der Waals surface area contributed by atoms with Gasteiger partial charge in [-0.3, -0.25) is 4.98 Å². The normalized spacial score (nSPS) is 24.5. The number of alkyl halides is 1. The maximum absolute atomic E-state index is 5.98. The molecule has 1 fully saturated rings. The quantitative estimate of drug-likeness (QED) is 0.750. The summed E-state index contributed by atoms with van der Waals surface area (Å²) < 4.78 is 0. The van der Waals surface area contributed by atoms with E-state index in [1.54, 1.807) is 0 Å². The molecule has 0 bridgehead atoms. The fourth-order valence-corrected chi connectivity index (χ4v) is 2.78. The fourth-order valence-electron chi connectivity index (χ4n) is 2.27. The zero-order chi connectivity index (χ0) is 11.5. The summed E-state index contributed by atoms with van der Waals surface area (Å²) >= 11 is 5.98. The monoisotopic (exact) mass is 238 g/mol. The smallest absolute Gasteiger partial charge is 0.0547 e. The van der Waals surface area contributed by atoms with E-state index in [-0.39, 0.29) is 0 Å². The summed E-state index contributed by atoms with van der Waals surface area (Å²) in [5.41, 5.74) is 2.25. The Bertz CT molecular complexity index is 348. The van der Waals surface area contributed by atoms with E-state index in [4.69, 9.17) is 11.6 Å². The number of aryl methyl sites for hydroxylation is 1. The molecule has 1 aromatic heterocycles. The molecule has 0 radical (unpaired) electrons. The van der Waals surface area contributed by atoms with E-state index >= 15 is 0 Å². The lowest BCUT2D eigenvalue weighted by Gasteiger charge is -2.34. The van der Waals surface area contributed by atoms with Crippen molar-refractivity contribution in [3.63, 3.8) is 0 Å². The van der Waals surface area contributed by atoms with E-state index in [9.17, 15) is 0 Å².